The minimum absolute atomic E-state index is 0.640. The number of benzene rings is 1. The van der Waals surface area contributed by atoms with E-state index in [0.29, 0.717) is 10.7 Å². The molecule has 0 aliphatic heterocycles. The van der Waals surface area contributed by atoms with Crippen molar-refractivity contribution in [1.82, 2.24) is 14.4 Å². The first kappa shape index (κ1) is 16.3. The van der Waals surface area contributed by atoms with Crippen LogP contribution in [-0.4, -0.2) is 38.2 Å². The summed E-state index contributed by atoms with van der Waals surface area (Å²) in [5.74, 6) is 1.75. The molecule has 1 atom stereocenters. The minimum atomic E-state index is -1.37. The lowest BCUT2D eigenvalue weighted by Crippen LogP contribution is -2.17. The quantitative estimate of drug-likeness (QED) is 0.571. The molecule has 6 nitrogen and oxygen atoms in total. The summed E-state index contributed by atoms with van der Waals surface area (Å²) in [6, 6.07) is 7.52. The number of nitrogens with one attached hydrogen (secondary N) is 1. The van der Waals surface area contributed by atoms with Crippen molar-refractivity contribution in [2.24, 2.45) is 0 Å². The van der Waals surface area contributed by atoms with E-state index in [4.69, 9.17) is 5.41 Å². The van der Waals surface area contributed by atoms with Gasteiger partial charge < -0.3 is 4.90 Å². The van der Waals surface area contributed by atoms with E-state index in [1.807, 2.05) is 55.9 Å². The van der Waals surface area contributed by atoms with Gasteiger partial charge in [0.15, 0.2) is 0 Å². The standard InChI is InChI=1S/C17H19N5OS/c1-12-15(10-13-4-6-14(7-5-13)24(23)11-18)16(21(2)3)22-9-8-19-17(22)20-12/h4-9,11,18H,10H2,1-3H3. The molecule has 2 aromatic heterocycles. The summed E-state index contributed by atoms with van der Waals surface area (Å²) in [5.41, 5.74) is 4.13. The largest absolute Gasteiger partial charge is 0.363 e. The third-order valence-corrected chi connectivity index (χ3v) is 4.84. The molecular weight excluding hydrogens is 322 g/mol. The maximum Gasteiger partial charge on any atom is 0.235 e. The molecule has 0 fully saturated rings. The fourth-order valence-electron chi connectivity index (χ4n) is 2.77. The third-order valence-electron chi connectivity index (χ3n) is 3.89. The van der Waals surface area contributed by atoms with Crippen LogP contribution in [0.2, 0.25) is 0 Å². The smallest absolute Gasteiger partial charge is 0.235 e. The van der Waals surface area contributed by atoms with Crippen molar-refractivity contribution in [3.8, 4) is 0 Å². The second-order valence-electron chi connectivity index (χ2n) is 5.73. The first-order valence-electron chi connectivity index (χ1n) is 7.51. The van der Waals surface area contributed by atoms with Gasteiger partial charge in [-0.2, -0.15) is 0 Å². The number of anilines is 1. The van der Waals surface area contributed by atoms with Crippen molar-refractivity contribution >= 4 is 27.9 Å². The topological polar surface area (TPSA) is 74.3 Å². The fraction of sp³-hybridized carbons (Fsp3) is 0.235. The van der Waals surface area contributed by atoms with Crippen molar-refractivity contribution in [1.29, 1.82) is 5.41 Å². The molecule has 0 amide bonds. The lowest BCUT2D eigenvalue weighted by Gasteiger charge is -2.20. The number of aryl methyl sites for hydroxylation is 1. The monoisotopic (exact) mass is 341 g/mol. The third kappa shape index (κ3) is 2.94. The van der Waals surface area contributed by atoms with Gasteiger partial charge in [-0.05, 0) is 24.6 Å². The lowest BCUT2D eigenvalue weighted by molar-refractivity contribution is 0.690. The number of fused-ring (bicyclic) bond motifs is 1. The molecule has 0 saturated carbocycles. The first-order chi connectivity index (χ1) is 11.5. The van der Waals surface area contributed by atoms with Crippen LogP contribution < -0.4 is 4.90 Å². The number of nitrogens with zero attached hydrogens (tertiary/aromatic N) is 4. The van der Waals surface area contributed by atoms with E-state index >= 15 is 0 Å². The Hall–Kier alpha value is -2.54. The van der Waals surface area contributed by atoms with E-state index in [1.165, 1.54) is 0 Å². The Bertz CT molecular complexity index is 915. The maximum absolute atomic E-state index is 11.6. The Kier molecular flexibility index (Phi) is 4.44. The molecule has 24 heavy (non-hydrogen) atoms. The van der Waals surface area contributed by atoms with E-state index in [9.17, 15) is 4.21 Å². The van der Waals surface area contributed by atoms with Gasteiger partial charge in [0.2, 0.25) is 5.78 Å². The van der Waals surface area contributed by atoms with Gasteiger partial charge in [-0.15, -0.1) is 0 Å². The summed E-state index contributed by atoms with van der Waals surface area (Å²) in [7, 11) is 2.65. The van der Waals surface area contributed by atoms with Gasteiger partial charge in [0, 0.05) is 49.1 Å². The normalized spacial score (nSPS) is 12.3. The number of aromatic nitrogens is 3. The zero-order valence-corrected chi connectivity index (χ0v) is 14.7. The molecule has 2 heterocycles. The van der Waals surface area contributed by atoms with E-state index < -0.39 is 10.8 Å². The van der Waals surface area contributed by atoms with E-state index in [1.54, 1.807) is 6.20 Å². The number of hydrogen-bond donors (Lipinski definition) is 1. The fourth-order valence-corrected chi connectivity index (χ4v) is 3.31. The van der Waals surface area contributed by atoms with Crippen LogP contribution >= 0.6 is 0 Å². The molecule has 1 N–H and O–H groups in total. The molecule has 0 bridgehead atoms. The van der Waals surface area contributed by atoms with Gasteiger partial charge in [-0.3, -0.25) is 9.81 Å². The summed E-state index contributed by atoms with van der Waals surface area (Å²) in [6.45, 7) is 2.00. The van der Waals surface area contributed by atoms with Crippen molar-refractivity contribution in [2.45, 2.75) is 18.2 Å². The summed E-state index contributed by atoms with van der Waals surface area (Å²) < 4.78 is 13.6. The highest BCUT2D eigenvalue weighted by Gasteiger charge is 2.15. The highest BCUT2D eigenvalue weighted by Crippen LogP contribution is 2.25. The molecule has 0 saturated heterocycles. The van der Waals surface area contributed by atoms with Crippen LogP contribution in [0.1, 0.15) is 16.8 Å². The predicted octanol–water partition coefficient (Wildman–Crippen LogP) is 2.41. The molecular formula is C17H19N5OS. The van der Waals surface area contributed by atoms with E-state index in [-0.39, 0.29) is 0 Å². The second kappa shape index (κ2) is 6.52. The predicted molar refractivity (Wildman–Crippen MR) is 96.5 cm³/mol. The summed E-state index contributed by atoms with van der Waals surface area (Å²) in [6.07, 6.45) is 4.38. The van der Waals surface area contributed by atoms with Crippen LogP contribution in [0.5, 0.6) is 0 Å². The molecule has 0 aliphatic rings. The van der Waals surface area contributed by atoms with E-state index in [2.05, 4.69) is 14.9 Å². The van der Waals surface area contributed by atoms with Gasteiger partial charge >= 0.3 is 0 Å². The zero-order chi connectivity index (χ0) is 17.3. The molecule has 3 aromatic rings. The first-order valence-corrected chi connectivity index (χ1v) is 8.72. The molecule has 124 valence electrons. The zero-order valence-electron chi connectivity index (χ0n) is 13.9. The van der Waals surface area contributed by atoms with Gasteiger partial charge in [0.1, 0.15) is 5.82 Å². The molecule has 0 spiro atoms. The molecule has 3 rings (SSSR count). The number of imidazole rings is 1. The summed E-state index contributed by atoms with van der Waals surface area (Å²) in [5, 5.41) is 7.10. The molecule has 7 heteroatoms. The van der Waals surface area contributed by atoms with Crippen LogP contribution in [0.4, 0.5) is 5.82 Å². The SMILES string of the molecule is Cc1nc2nccn2c(N(C)C)c1Cc1ccc(S(=O)C=N)cc1. The Morgan fingerprint density at radius 1 is 1.29 bits per heavy atom. The molecule has 0 aliphatic carbocycles. The van der Waals surface area contributed by atoms with Crippen molar-refractivity contribution < 1.29 is 4.21 Å². The van der Waals surface area contributed by atoms with Crippen LogP contribution in [0.25, 0.3) is 5.78 Å². The van der Waals surface area contributed by atoms with Crippen LogP contribution in [0.15, 0.2) is 41.6 Å². The molecule has 0 radical (unpaired) electrons. The van der Waals surface area contributed by atoms with Crippen LogP contribution in [-0.2, 0) is 17.2 Å². The Morgan fingerprint density at radius 3 is 2.62 bits per heavy atom. The maximum atomic E-state index is 11.6. The number of hydrogen-bond acceptors (Lipinski definition) is 5. The van der Waals surface area contributed by atoms with Gasteiger partial charge in [-0.1, -0.05) is 12.1 Å². The highest BCUT2D eigenvalue weighted by molar-refractivity contribution is 7.98. The molecule has 1 aromatic carbocycles. The van der Waals surface area contributed by atoms with Crippen molar-refractivity contribution in [2.75, 3.05) is 19.0 Å². The summed E-state index contributed by atoms with van der Waals surface area (Å²) >= 11 is 0. The second-order valence-corrected chi connectivity index (χ2v) is 7.03. The van der Waals surface area contributed by atoms with Crippen LogP contribution in [0.3, 0.4) is 0 Å². The average Bonchev–Trinajstić information content (AvgIpc) is 3.02. The molecule has 1 unspecified atom stereocenters. The van der Waals surface area contributed by atoms with Crippen molar-refractivity contribution in [3.05, 3.63) is 53.5 Å². The Balaban J connectivity index is 2.03. The van der Waals surface area contributed by atoms with Gasteiger partial charge in [0.25, 0.3) is 0 Å². The summed E-state index contributed by atoms with van der Waals surface area (Å²) in [4.78, 5) is 11.6. The van der Waals surface area contributed by atoms with Crippen LogP contribution in [0, 0.1) is 12.3 Å². The van der Waals surface area contributed by atoms with Gasteiger partial charge in [0.05, 0.1) is 16.3 Å². The lowest BCUT2D eigenvalue weighted by atomic mass is 10.0. The Labute approximate surface area is 143 Å². The Morgan fingerprint density at radius 2 is 2.00 bits per heavy atom. The minimum Gasteiger partial charge on any atom is -0.363 e. The number of rotatable bonds is 5. The van der Waals surface area contributed by atoms with Gasteiger partial charge in [-0.25, -0.2) is 14.2 Å². The average molecular weight is 341 g/mol. The highest BCUT2D eigenvalue weighted by atomic mass is 32.2. The van der Waals surface area contributed by atoms with E-state index in [0.717, 1.165) is 34.6 Å². The van der Waals surface area contributed by atoms with Crippen molar-refractivity contribution in [3.63, 3.8) is 0 Å².